The zero-order valence-corrected chi connectivity index (χ0v) is 11.8. The number of hydrogen-bond donors (Lipinski definition) is 0. The van der Waals surface area contributed by atoms with E-state index in [0.29, 0.717) is 0 Å². The third kappa shape index (κ3) is 5.64. The van der Waals surface area contributed by atoms with Gasteiger partial charge in [0, 0.05) is 0 Å². The van der Waals surface area contributed by atoms with Gasteiger partial charge in [-0.2, -0.15) is 8.78 Å². The molecule has 0 unspecified atom stereocenters. The Morgan fingerprint density at radius 2 is 1.60 bits per heavy atom. The molecule has 0 heterocycles. The minimum Gasteiger partial charge on any atom is -0.210 e. The molecular weight excluding hydrogens is 261 g/mol. The van der Waals surface area contributed by atoms with Crippen LogP contribution < -0.4 is 0 Å². The van der Waals surface area contributed by atoms with Crippen molar-refractivity contribution in [2.45, 2.75) is 38.5 Å². The second-order valence-electron chi connectivity index (χ2n) is 5.23. The number of hydrogen-bond acceptors (Lipinski definition) is 0. The lowest BCUT2D eigenvalue weighted by Gasteiger charge is -2.26. The van der Waals surface area contributed by atoms with Gasteiger partial charge < -0.3 is 0 Å². The fourth-order valence-electron chi connectivity index (χ4n) is 2.50. The van der Waals surface area contributed by atoms with Crippen molar-refractivity contribution in [2.75, 3.05) is 0 Å². The third-order valence-corrected chi connectivity index (χ3v) is 3.74. The van der Waals surface area contributed by atoms with E-state index in [0.717, 1.165) is 11.8 Å². The maximum atomic E-state index is 10.2. The minimum atomic E-state index is -2.29. The van der Waals surface area contributed by atoms with Gasteiger partial charge in [0.15, 0.2) is 6.33 Å². The molecule has 2 rings (SSSR count). The number of benzene rings is 1. The number of rotatable bonds is 2. The Morgan fingerprint density at radius 1 is 1.10 bits per heavy atom. The molecule has 0 atom stereocenters. The summed E-state index contributed by atoms with van der Waals surface area (Å²) in [4.78, 5) is 0. The first-order valence-electron chi connectivity index (χ1n) is 6.90. The van der Waals surface area contributed by atoms with Crippen LogP contribution in [0.25, 0.3) is 6.08 Å². The Kier molecular flexibility index (Phi) is 7.13. The SMILES string of the molecule is C=Cc1ccc(C2CCC(C)CC2)cc1.FC=C(F)F. The first-order chi connectivity index (χ1) is 9.56. The molecule has 0 bridgehead atoms. The van der Waals surface area contributed by atoms with E-state index in [-0.39, 0.29) is 0 Å². The van der Waals surface area contributed by atoms with E-state index in [2.05, 4.69) is 37.8 Å². The van der Waals surface area contributed by atoms with Crippen LogP contribution in [-0.2, 0) is 0 Å². The second kappa shape index (κ2) is 8.62. The minimum absolute atomic E-state index is 0.750. The third-order valence-electron chi connectivity index (χ3n) is 3.74. The highest BCUT2D eigenvalue weighted by Gasteiger charge is 2.19. The maximum absolute atomic E-state index is 10.2. The summed E-state index contributed by atoms with van der Waals surface area (Å²) in [6.07, 6.45) is 4.41. The Bertz CT molecular complexity index is 422. The van der Waals surface area contributed by atoms with Crippen LogP contribution in [0.3, 0.4) is 0 Å². The molecule has 1 aliphatic rings. The fraction of sp³-hybridized carbons (Fsp3) is 0.412. The molecule has 0 amide bonds. The summed E-state index contributed by atoms with van der Waals surface area (Å²) in [6.45, 7) is 6.16. The molecule has 1 saturated carbocycles. The lowest BCUT2D eigenvalue weighted by Crippen LogP contribution is -2.10. The van der Waals surface area contributed by atoms with Crippen molar-refractivity contribution in [1.29, 1.82) is 0 Å². The van der Waals surface area contributed by atoms with E-state index >= 15 is 0 Å². The van der Waals surface area contributed by atoms with E-state index in [1.807, 2.05) is 6.08 Å². The molecule has 0 saturated heterocycles. The van der Waals surface area contributed by atoms with Crippen LogP contribution in [0.15, 0.2) is 43.3 Å². The molecule has 20 heavy (non-hydrogen) atoms. The van der Waals surface area contributed by atoms with Gasteiger partial charge >= 0.3 is 0 Å². The van der Waals surface area contributed by atoms with Gasteiger partial charge in [0.1, 0.15) is 0 Å². The van der Waals surface area contributed by atoms with Crippen molar-refractivity contribution in [3.05, 3.63) is 54.4 Å². The smallest absolute Gasteiger partial charge is 0.210 e. The Hall–Kier alpha value is -1.51. The molecule has 0 N–H and O–H groups in total. The molecule has 3 heteroatoms. The Labute approximate surface area is 119 Å². The molecule has 0 spiro atoms. The van der Waals surface area contributed by atoms with Crippen molar-refractivity contribution in [3.8, 4) is 0 Å². The van der Waals surface area contributed by atoms with Crippen LogP contribution in [0.2, 0.25) is 0 Å². The van der Waals surface area contributed by atoms with Crippen LogP contribution in [0, 0.1) is 5.92 Å². The van der Waals surface area contributed by atoms with E-state index in [9.17, 15) is 13.2 Å². The van der Waals surface area contributed by atoms with Crippen LogP contribution in [0.1, 0.15) is 49.7 Å². The van der Waals surface area contributed by atoms with Crippen molar-refractivity contribution in [2.24, 2.45) is 5.92 Å². The molecule has 1 aromatic carbocycles. The fourth-order valence-corrected chi connectivity index (χ4v) is 2.50. The molecule has 0 nitrogen and oxygen atoms in total. The molecule has 0 radical (unpaired) electrons. The van der Waals surface area contributed by atoms with Gasteiger partial charge in [-0.1, -0.05) is 56.7 Å². The zero-order valence-electron chi connectivity index (χ0n) is 11.8. The van der Waals surface area contributed by atoms with Crippen LogP contribution in [0.5, 0.6) is 0 Å². The van der Waals surface area contributed by atoms with Crippen LogP contribution in [-0.4, -0.2) is 0 Å². The normalized spacial score (nSPS) is 21.4. The lowest BCUT2D eigenvalue weighted by atomic mass is 9.79. The largest absolute Gasteiger partial charge is 0.298 e. The van der Waals surface area contributed by atoms with Gasteiger partial charge in [-0.3, -0.25) is 0 Å². The predicted molar refractivity (Wildman–Crippen MR) is 78.3 cm³/mol. The highest BCUT2D eigenvalue weighted by molar-refractivity contribution is 5.47. The summed E-state index contributed by atoms with van der Waals surface area (Å²) in [5.41, 5.74) is 2.75. The standard InChI is InChI=1S/C15H20.C2HF3/c1-3-13-6-10-15(11-7-13)14-8-4-12(2)5-9-14;3-1-2(4)5/h3,6-7,10-12,14H,1,4-5,8-9H2,2H3;1H. The molecule has 0 aromatic heterocycles. The van der Waals surface area contributed by atoms with Gasteiger partial charge in [-0.15, -0.1) is 0 Å². The average molecular weight is 282 g/mol. The van der Waals surface area contributed by atoms with Crippen LogP contribution in [0.4, 0.5) is 13.2 Å². The van der Waals surface area contributed by atoms with Gasteiger partial charge in [-0.05, 0) is 35.8 Å². The number of halogens is 3. The Morgan fingerprint density at radius 3 is 2.00 bits per heavy atom. The van der Waals surface area contributed by atoms with E-state index < -0.39 is 12.4 Å². The van der Waals surface area contributed by atoms with Crippen molar-refractivity contribution < 1.29 is 13.2 Å². The second-order valence-corrected chi connectivity index (χ2v) is 5.23. The average Bonchev–Trinajstić information content (AvgIpc) is 2.49. The highest BCUT2D eigenvalue weighted by Crippen LogP contribution is 2.35. The molecule has 0 aliphatic heterocycles. The van der Waals surface area contributed by atoms with Crippen molar-refractivity contribution in [1.82, 2.24) is 0 Å². The summed E-state index contributed by atoms with van der Waals surface area (Å²) in [5, 5.41) is 0. The first kappa shape index (κ1) is 16.5. The topological polar surface area (TPSA) is 0 Å². The van der Waals surface area contributed by atoms with Gasteiger partial charge in [0.2, 0.25) is 0 Å². The quantitative estimate of drug-likeness (QED) is 0.595. The predicted octanol–water partition coefficient (Wildman–Crippen LogP) is 6.32. The summed E-state index contributed by atoms with van der Waals surface area (Å²) < 4.78 is 30.7. The molecule has 1 aromatic rings. The van der Waals surface area contributed by atoms with E-state index in [1.165, 1.54) is 36.8 Å². The van der Waals surface area contributed by atoms with Gasteiger partial charge in [0.05, 0.1) is 0 Å². The monoisotopic (exact) mass is 282 g/mol. The van der Waals surface area contributed by atoms with Crippen LogP contribution >= 0.6 is 0 Å². The molecule has 110 valence electrons. The van der Waals surface area contributed by atoms with E-state index in [4.69, 9.17) is 0 Å². The zero-order chi connectivity index (χ0) is 15.0. The first-order valence-corrected chi connectivity index (χ1v) is 6.90. The molecule has 1 fully saturated rings. The molecule has 1 aliphatic carbocycles. The van der Waals surface area contributed by atoms with Gasteiger partial charge in [-0.25, -0.2) is 4.39 Å². The van der Waals surface area contributed by atoms with Gasteiger partial charge in [0.25, 0.3) is 6.08 Å². The summed E-state index contributed by atoms with van der Waals surface area (Å²) in [6, 6.07) is 8.91. The molecular formula is C17H21F3. The summed E-state index contributed by atoms with van der Waals surface area (Å²) >= 11 is 0. The highest BCUT2D eigenvalue weighted by atomic mass is 19.3. The van der Waals surface area contributed by atoms with Crippen molar-refractivity contribution >= 4 is 6.08 Å². The van der Waals surface area contributed by atoms with Crippen molar-refractivity contribution in [3.63, 3.8) is 0 Å². The maximum Gasteiger partial charge on any atom is 0.298 e. The lowest BCUT2D eigenvalue weighted by molar-refractivity contribution is 0.348. The Balaban J connectivity index is 0.000000347. The summed E-state index contributed by atoms with van der Waals surface area (Å²) in [5.74, 6) is 1.74. The van der Waals surface area contributed by atoms with E-state index in [1.54, 1.807) is 0 Å². The summed E-state index contributed by atoms with van der Waals surface area (Å²) in [7, 11) is 0.